The van der Waals surface area contributed by atoms with Gasteiger partial charge in [-0.3, -0.25) is 4.79 Å². The summed E-state index contributed by atoms with van der Waals surface area (Å²) in [5.41, 5.74) is 2.52. The van der Waals surface area contributed by atoms with Gasteiger partial charge in [-0.25, -0.2) is 0 Å². The Labute approximate surface area is 164 Å². The zero-order valence-corrected chi connectivity index (χ0v) is 15.9. The molecule has 0 saturated carbocycles. The molecule has 0 aromatic heterocycles. The molecule has 2 N–H and O–H groups in total. The number of hydrogen-bond donors (Lipinski definition) is 2. The van der Waals surface area contributed by atoms with Crippen molar-refractivity contribution in [3.05, 3.63) is 96.1 Å². The molecule has 1 amide bonds. The van der Waals surface area contributed by atoms with Gasteiger partial charge in [0.05, 0.1) is 5.75 Å². The Hall–Kier alpha value is -2.72. The molecule has 3 aromatic carbocycles. The Morgan fingerprint density at radius 2 is 1.41 bits per heavy atom. The lowest BCUT2D eigenvalue weighted by Crippen LogP contribution is -2.27. The van der Waals surface area contributed by atoms with Gasteiger partial charge in [0.2, 0.25) is 5.91 Å². The van der Waals surface area contributed by atoms with Crippen LogP contribution in [0, 0.1) is 0 Å². The Bertz CT molecular complexity index is 796. The first kappa shape index (κ1) is 19.1. The second-order valence-electron chi connectivity index (χ2n) is 6.30. The van der Waals surface area contributed by atoms with Crippen LogP contribution in [0.15, 0.2) is 89.8 Å². The van der Waals surface area contributed by atoms with Crippen molar-refractivity contribution in [2.45, 2.75) is 17.2 Å². The lowest BCUT2D eigenvalue weighted by atomic mass is 9.88. The third kappa shape index (κ3) is 5.90. The van der Waals surface area contributed by atoms with Crippen molar-refractivity contribution < 1.29 is 9.90 Å². The molecule has 3 aromatic rings. The van der Waals surface area contributed by atoms with E-state index in [1.165, 1.54) is 22.9 Å². The van der Waals surface area contributed by atoms with Crippen LogP contribution in [0.25, 0.3) is 0 Å². The van der Waals surface area contributed by atoms with Crippen LogP contribution in [0.1, 0.15) is 23.5 Å². The van der Waals surface area contributed by atoms with E-state index in [1.807, 2.05) is 24.3 Å². The predicted octanol–water partition coefficient (Wildman–Crippen LogP) is 4.82. The van der Waals surface area contributed by atoms with Crippen LogP contribution < -0.4 is 5.32 Å². The standard InChI is InChI=1S/C23H23NO2S/c25-20-11-13-21(14-12-20)27-17-23(26)24-16-15-22(18-7-3-1-4-8-18)19-9-5-2-6-10-19/h1-14,22,25H,15-17H2,(H,24,26). The first-order valence-electron chi connectivity index (χ1n) is 9.01. The van der Waals surface area contributed by atoms with E-state index < -0.39 is 0 Å². The fourth-order valence-corrected chi connectivity index (χ4v) is 3.72. The van der Waals surface area contributed by atoms with Crippen LogP contribution in [0.2, 0.25) is 0 Å². The lowest BCUT2D eigenvalue weighted by molar-refractivity contribution is -0.118. The van der Waals surface area contributed by atoms with E-state index in [2.05, 4.69) is 53.8 Å². The van der Waals surface area contributed by atoms with E-state index in [0.717, 1.165) is 11.3 Å². The molecule has 0 radical (unpaired) electrons. The molecule has 0 aliphatic heterocycles. The average Bonchev–Trinajstić information content (AvgIpc) is 2.72. The molecule has 0 heterocycles. The molecule has 0 fully saturated rings. The summed E-state index contributed by atoms with van der Waals surface area (Å²) in [6.45, 7) is 0.628. The van der Waals surface area contributed by atoms with Crippen LogP contribution in [-0.2, 0) is 4.79 Å². The second-order valence-corrected chi connectivity index (χ2v) is 7.34. The smallest absolute Gasteiger partial charge is 0.230 e. The maximum Gasteiger partial charge on any atom is 0.230 e. The third-order valence-electron chi connectivity index (χ3n) is 4.37. The fourth-order valence-electron chi connectivity index (χ4n) is 2.99. The van der Waals surface area contributed by atoms with Crippen molar-refractivity contribution in [3.63, 3.8) is 0 Å². The van der Waals surface area contributed by atoms with Crippen molar-refractivity contribution in [2.24, 2.45) is 0 Å². The largest absolute Gasteiger partial charge is 0.508 e. The molecule has 0 bridgehead atoms. The maximum atomic E-state index is 12.2. The minimum absolute atomic E-state index is 0.0212. The van der Waals surface area contributed by atoms with Gasteiger partial charge in [0.25, 0.3) is 0 Å². The van der Waals surface area contributed by atoms with Gasteiger partial charge in [-0.1, -0.05) is 60.7 Å². The predicted molar refractivity (Wildman–Crippen MR) is 111 cm³/mol. The Morgan fingerprint density at radius 1 is 0.852 bits per heavy atom. The van der Waals surface area contributed by atoms with E-state index in [-0.39, 0.29) is 17.6 Å². The summed E-state index contributed by atoms with van der Waals surface area (Å²) in [7, 11) is 0. The third-order valence-corrected chi connectivity index (χ3v) is 5.38. The molecule has 0 aliphatic rings. The highest BCUT2D eigenvalue weighted by Crippen LogP contribution is 2.27. The molecule has 27 heavy (non-hydrogen) atoms. The van der Waals surface area contributed by atoms with Gasteiger partial charge >= 0.3 is 0 Å². The quantitative estimate of drug-likeness (QED) is 0.553. The number of phenolic OH excluding ortho intramolecular Hbond substituents is 1. The number of hydrogen-bond acceptors (Lipinski definition) is 3. The Morgan fingerprint density at radius 3 is 1.96 bits per heavy atom. The normalized spacial score (nSPS) is 10.7. The summed E-state index contributed by atoms with van der Waals surface area (Å²) in [6, 6.07) is 27.7. The van der Waals surface area contributed by atoms with Gasteiger partial charge in [-0.2, -0.15) is 0 Å². The number of phenols is 1. The minimum atomic E-state index is 0.0212. The average molecular weight is 378 g/mol. The highest BCUT2D eigenvalue weighted by atomic mass is 32.2. The molecule has 3 rings (SSSR count). The van der Waals surface area contributed by atoms with Crippen molar-refractivity contribution in [1.82, 2.24) is 5.32 Å². The Balaban J connectivity index is 1.53. The molecule has 0 spiro atoms. The van der Waals surface area contributed by atoms with Crippen LogP contribution >= 0.6 is 11.8 Å². The van der Waals surface area contributed by atoms with Gasteiger partial charge < -0.3 is 10.4 Å². The highest BCUT2D eigenvalue weighted by Gasteiger charge is 2.14. The SMILES string of the molecule is O=C(CSc1ccc(O)cc1)NCCC(c1ccccc1)c1ccccc1. The Kier molecular flexibility index (Phi) is 6.94. The number of aromatic hydroxyl groups is 1. The number of thioether (sulfide) groups is 1. The first-order valence-corrected chi connectivity index (χ1v) is 9.99. The molecular weight excluding hydrogens is 354 g/mol. The van der Waals surface area contributed by atoms with Crippen LogP contribution in [0.5, 0.6) is 5.75 Å². The maximum absolute atomic E-state index is 12.2. The van der Waals surface area contributed by atoms with E-state index in [1.54, 1.807) is 12.1 Å². The van der Waals surface area contributed by atoms with Gasteiger partial charge in [-0.05, 0) is 41.8 Å². The molecule has 4 heteroatoms. The van der Waals surface area contributed by atoms with E-state index >= 15 is 0 Å². The number of amides is 1. The van der Waals surface area contributed by atoms with Crippen LogP contribution in [0.3, 0.4) is 0 Å². The van der Waals surface area contributed by atoms with Gasteiger partial charge in [0.15, 0.2) is 0 Å². The fraction of sp³-hybridized carbons (Fsp3) is 0.174. The van der Waals surface area contributed by atoms with Crippen LogP contribution in [-0.4, -0.2) is 23.3 Å². The number of rotatable bonds is 8. The molecular formula is C23H23NO2S. The van der Waals surface area contributed by atoms with Crippen molar-refractivity contribution >= 4 is 17.7 Å². The van der Waals surface area contributed by atoms with E-state index in [4.69, 9.17) is 0 Å². The molecule has 138 valence electrons. The summed E-state index contributed by atoms with van der Waals surface area (Å²) >= 11 is 1.47. The summed E-state index contributed by atoms with van der Waals surface area (Å²) in [6.07, 6.45) is 0.851. The summed E-state index contributed by atoms with van der Waals surface area (Å²) in [5, 5.41) is 12.3. The monoisotopic (exact) mass is 377 g/mol. The first-order chi connectivity index (χ1) is 13.2. The van der Waals surface area contributed by atoms with Crippen molar-refractivity contribution in [1.29, 1.82) is 0 Å². The van der Waals surface area contributed by atoms with Gasteiger partial charge in [0.1, 0.15) is 5.75 Å². The number of carbonyl (C=O) groups excluding carboxylic acids is 1. The van der Waals surface area contributed by atoms with E-state index in [9.17, 15) is 9.90 Å². The van der Waals surface area contributed by atoms with E-state index in [0.29, 0.717) is 12.3 Å². The van der Waals surface area contributed by atoms with Gasteiger partial charge in [0, 0.05) is 17.4 Å². The number of carbonyl (C=O) groups is 1. The second kappa shape index (κ2) is 9.83. The zero-order valence-electron chi connectivity index (χ0n) is 15.0. The molecule has 0 unspecified atom stereocenters. The molecule has 0 atom stereocenters. The minimum Gasteiger partial charge on any atom is -0.508 e. The number of nitrogens with one attached hydrogen (secondary N) is 1. The summed E-state index contributed by atoms with van der Waals surface area (Å²) in [4.78, 5) is 13.1. The van der Waals surface area contributed by atoms with Crippen molar-refractivity contribution in [2.75, 3.05) is 12.3 Å². The number of benzene rings is 3. The lowest BCUT2D eigenvalue weighted by Gasteiger charge is -2.18. The van der Waals surface area contributed by atoms with Gasteiger partial charge in [-0.15, -0.1) is 11.8 Å². The zero-order chi connectivity index (χ0) is 18.9. The van der Waals surface area contributed by atoms with Crippen LogP contribution in [0.4, 0.5) is 0 Å². The summed E-state index contributed by atoms with van der Waals surface area (Å²) in [5.74, 6) is 0.883. The molecule has 0 saturated heterocycles. The topological polar surface area (TPSA) is 49.3 Å². The van der Waals surface area contributed by atoms with Crippen molar-refractivity contribution in [3.8, 4) is 5.75 Å². The highest BCUT2D eigenvalue weighted by molar-refractivity contribution is 8.00. The molecule has 0 aliphatic carbocycles. The molecule has 3 nitrogen and oxygen atoms in total. The summed E-state index contributed by atoms with van der Waals surface area (Å²) < 4.78 is 0.